The number of alkyl halides is 3. The molecule has 1 fully saturated rings. The molecule has 7 heteroatoms. The number of nitrogens with zero attached hydrogens (tertiary/aromatic N) is 1. The van der Waals surface area contributed by atoms with Crippen LogP contribution in [-0.2, 0) is 16.1 Å². The SMILES string of the molecule is Cc1ccc(C#N)c(C)c1COC(=O)C1C(C=C(Cl)C(F)(F)F)C1(C)C. The van der Waals surface area contributed by atoms with Crippen molar-refractivity contribution in [2.24, 2.45) is 17.3 Å². The number of nitriles is 1. The zero-order valence-corrected chi connectivity index (χ0v) is 15.6. The number of carbonyl (C=O) groups excluding carboxylic acids is 1. The monoisotopic (exact) mass is 385 g/mol. The molecule has 1 aliphatic rings. The van der Waals surface area contributed by atoms with Gasteiger partial charge in [-0.05, 0) is 47.9 Å². The number of halogens is 4. The fraction of sp³-hybridized carbons (Fsp3) is 0.474. The summed E-state index contributed by atoms with van der Waals surface area (Å²) >= 11 is 5.29. The van der Waals surface area contributed by atoms with E-state index < -0.39 is 34.4 Å². The first kappa shape index (κ1) is 20.3. The van der Waals surface area contributed by atoms with Crippen LogP contribution in [0.15, 0.2) is 23.2 Å². The molecule has 0 N–H and O–H groups in total. The zero-order chi connectivity index (χ0) is 19.9. The minimum absolute atomic E-state index is 0.0258. The molecule has 0 heterocycles. The number of benzene rings is 1. The first-order valence-corrected chi connectivity index (χ1v) is 8.39. The van der Waals surface area contributed by atoms with Crippen molar-refractivity contribution in [3.05, 3.63) is 45.5 Å². The van der Waals surface area contributed by atoms with Crippen molar-refractivity contribution >= 4 is 17.6 Å². The lowest BCUT2D eigenvalue weighted by atomic mass is 9.99. The number of aryl methyl sites for hydroxylation is 1. The molecule has 2 atom stereocenters. The van der Waals surface area contributed by atoms with Gasteiger partial charge in [-0.15, -0.1) is 0 Å². The van der Waals surface area contributed by atoms with E-state index in [9.17, 15) is 18.0 Å². The highest BCUT2D eigenvalue weighted by Gasteiger charge is 2.62. The van der Waals surface area contributed by atoms with Gasteiger partial charge < -0.3 is 4.74 Å². The molecule has 0 aliphatic heterocycles. The topological polar surface area (TPSA) is 50.1 Å². The van der Waals surface area contributed by atoms with Crippen LogP contribution in [0.4, 0.5) is 13.2 Å². The Morgan fingerprint density at radius 3 is 2.54 bits per heavy atom. The van der Waals surface area contributed by atoms with Crippen LogP contribution in [0.1, 0.15) is 36.1 Å². The van der Waals surface area contributed by atoms with Crippen molar-refractivity contribution in [3.63, 3.8) is 0 Å². The molecule has 26 heavy (non-hydrogen) atoms. The van der Waals surface area contributed by atoms with Gasteiger partial charge >= 0.3 is 12.1 Å². The van der Waals surface area contributed by atoms with Crippen molar-refractivity contribution in [1.82, 2.24) is 0 Å². The van der Waals surface area contributed by atoms with E-state index >= 15 is 0 Å². The van der Waals surface area contributed by atoms with Crippen LogP contribution >= 0.6 is 11.6 Å². The van der Waals surface area contributed by atoms with Crippen LogP contribution < -0.4 is 0 Å². The molecule has 0 saturated heterocycles. The third-order valence-electron chi connectivity index (χ3n) is 5.07. The van der Waals surface area contributed by atoms with Crippen molar-refractivity contribution in [2.75, 3.05) is 0 Å². The summed E-state index contributed by atoms with van der Waals surface area (Å²) in [4.78, 5) is 12.4. The molecule has 140 valence electrons. The predicted octanol–water partition coefficient (Wildman–Crippen LogP) is 5.18. The molecule has 2 unspecified atom stereocenters. The maximum absolute atomic E-state index is 12.6. The molecular weight excluding hydrogens is 367 g/mol. The first-order chi connectivity index (χ1) is 11.9. The van der Waals surface area contributed by atoms with Gasteiger partial charge in [0, 0.05) is 0 Å². The summed E-state index contributed by atoms with van der Waals surface area (Å²) in [5, 5.41) is 7.87. The number of hydrogen-bond donors (Lipinski definition) is 0. The molecule has 0 radical (unpaired) electrons. The lowest BCUT2D eigenvalue weighted by Crippen LogP contribution is -2.12. The van der Waals surface area contributed by atoms with Gasteiger partial charge in [-0.3, -0.25) is 4.79 Å². The molecule has 1 saturated carbocycles. The Balaban J connectivity index is 2.12. The first-order valence-electron chi connectivity index (χ1n) is 8.01. The fourth-order valence-electron chi connectivity index (χ4n) is 3.16. The number of hydrogen-bond acceptors (Lipinski definition) is 3. The quantitative estimate of drug-likeness (QED) is 0.671. The Morgan fingerprint density at radius 2 is 2.00 bits per heavy atom. The van der Waals surface area contributed by atoms with Crippen LogP contribution in [0.2, 0.25) is 0 Å². The lowest BCUT2D eigenvalue weighted by Gasteiger charge is -2.12. The van der Waals surface area contributed by atoms with E-state index in [0.29, 0.717) is 5.56 Å². The van der Waals surface area contributed by atoms with Gasteiger partial charge in [-0.25, -0.2) is 0 Å². The van der Waals surface area contributed by atoms with E-state index in [1.165, 1.54) is 0 Å². The van der Waals surface area contributed by atoms with Gasteiger partial charge in [0.1, 0.15) is 11.6 Å². The summed E-state index contributed by atoms with van der Waals surface area (Å²) < 4.78 is 43.2. The van der Waals surface area contributed by atoms with Gasteiger partial charge in [-0.2, -0.15) is 18.4 Å². The zero-order valence-electron chi connectivity index (χ0n) is 14.9. The molecule has 1 aromatic rings. The largest absolute Gasteiger partial charge is 0.461 e. The van der Waals surface area contributed by atoms with Gasteiger partial charge in [0.25, 0.3) is 0 Å². The third-order valence-corrected chi connectivity index (χ3v) is 5.41. The van der Waals surface area contributed by atoms with E-state index in [-0.39, 0.29) is 6.61 Å². The molecule has 2 rings (SSSR count). The summed E-state index contributed by atoms with van der Waals surface area (Å²) in [7, 11) is 0. The second-order valence-electron chi connectivity index (χ2n) is 7.09. The minimum atomic E-state index is -4.62. The van der Waals surface area contributed by atoms with E-state index in [1.807, 2.05) is 6.92 Å². The smallest absolute Gasteiger partial charge is 0.426 e. The number of carbonyl (C=O) groups is 1. The Kier molecular flexibility index (Phi) is 5.44. The van der Waals surface area contributed by atoms with Crippen LogP contribution in [-0.4, -0.2) is 12.1 Å². The van der Waals surface area contributed by atoms with E-state index in [1.54, 1.807) is 32.9 Å². The van der Waals surface area contributed by atoms with Crippen molar-refractivity contribution in [2.45, 2.75) is 40.5 Å². The highest BCUT2D eigenvalue weighted by molar-refractivity contribution is 6.30. The number of esters is 1. The maximum atomic E-state index is 12.6. The highest BCUT2D eigenvalue weighted by atomic mass is 35.5. The lowest BCUT2D eigenvalue weighted by molar-refractivity contribution is -0.147. The van der Waals surface area contributed by atoms with Crippen LogP contribution in [0.3, 0.4) is 0 Å². The van der Waals surface area contributed by atoms with Crippen molar-refractivity contribution in [3.8, 4) is 6.07 Å². The second-order valence-corrected chi connectivity index (χ2v) is 7.50. The number of ether oxygens (including phenoxy) is 1. The summed E-state index contributed by atoms with van der Waals surface area (Å²) in [6.45, 7) is 6.99. The molecule has 0 aromatic heterocycles. The Labute approximate surface area is 155 Å². The highest BCUT2D eigenvalue weighted by Crippen LogP contribution is 2.60. The molecule has 0 spiro atoms. The molecular formula is C19H19ClF3NO2. The Bertz CT molecular complexity index is 806. The Hall–Kier alpha value is -2.00. The summed E-state index contributed by atoms with van der Waals surface area (Å²) in [6, 6.07) is 5.53. The van der Waals surface area contributed by atoms with Crippen molar-refractivity contribution < 1.29 is 22.7 Å². The van der Waals surface area contributed by atoms with Gasteiger partial charge in [0.2, 0.25) is 0 Å². The number of allylic oxidation sites excluding steroid dienone is 2. The second kappa shape index (κ2) is 6.96. The van der Waals surface area contributed by atoms with Gasteiger partial charge in [-0.1, -0.05) is 37.6 Å². The van der Waals surface area contributed by atoms with Crippen LogP contribution in [0, 0.1) is 42.4 Å². The maximum Gasteiger partial charge on any atom is 0.426 e. The number of rotatable bonds is 4. The van der Waals surface area contributed by atoms with Crippen LogP contribution in [0.5, 0.6) is 0 Å². The normalized spacial score (nSPS) is 21.9. The summed E-state index contributed by atoms with van der Waals surface area (Å²) in [5.41, 5.74) is 2.18. The van der Waals surface area contributed by atoms with E-state index in [2.05, 4.69) is 6.07 Å². The molecule has 0 bridgehead atoms. The molecule has 1 aromatic carbocycles. The predicted molar refractivity (Wildman–Crippen MR) is 91.2 cm³/mol. The van der Waals surface area contributed by atoms with Crippen molar-refractivity contribution in [1.29, 1.82) is 5.26 Å². The average Bonchev–Trinajstić information content (AvgIpc) is 3.06. The standard InChI is InChI=1S/C19H19ClF3NO2/c1-10-5-6-12(8-24)11(2)13(10)9-26-17(25)16-14(18(16,3)4)7-15(20)19(21,22)23/h5-7,14,16H,9H2,1-4H3. The fourth-order valence-corrected chi connectivity index (χ4v) is 3.30. The molecule has 1 aliphatic carbocycles. The molecule has 0 amide bonds. The average molecular weight is 386 g/mol. The summed E-state index contributed by atoms with van der Waals surface area (Å²) in [6.07, 6.45) is -3.74. The molecule has 3 nitrogen and oxygen atoms in total. The van der Waals surface area contributed by atoms with Crippen LogP contribution in [0.25, 0.3) is 0 Å². The van der Waals surface area contributed by atoms with E-state index in [4.69, 9.17) is 21.6 Å². The third kappa shape index (κ3) is 3.88. The summed E-state index contributed by atoms with van der Waals surface area (Å²) in [5.74, 6) is -1.88. The van der Waals surface area contributed by atoms with Gasteiger partial charge in [0.15, 0.2) is 0 Å². The van der Waals surface area contributed by atoms with Gasteiger partial charge in [0.05, 0.1) is 17.6 Å². The minimum Gasteiger partial charge on any atom is -0.461 e. The van der Waals surface area contributed by atoms with E-state index in [0.717, 1.165) is 22.8 Å². The Morgan fingerprint density at radius 1 is 1.38 bits per heavy atom.